The summed E-state index contributed by atoms with van der Waals surface area (Å²) in [6.07, 6.45) is 0.938. The van der Waals surface area contributed by atoms with E-state index in [1.165, 1.54) is 21.9 Å². The molecule has 1 heteroatoms. The molecule has 0 bridgehead atoms. The van der Waals surface area contributed by atoms with Crippen molar-refractivity contribution in [2.45, 2.75) is 6.42 Å². The number of fused-ring (bicyclic) bond motifs is 3. The molecule has 3 aromatic carbocycles. The van der Waals surface area contributed by atoms with Crippen molar-refractivity contribution in [1.29, 1.82) is 0 Å². The first kappa shape index (κ1) is 11.3. The molecule has 0 saturated heterocycles. The molecule has 0 radical (unpaired) electrons. The van der Waals surface area contributed by atoms with Crippen molar-refractivity contribution < 1.29 is 4.42 Å². The molecule has 96 valence electrons. The van der Waals surface area contributed by atoms with Gasteiger partial charge in [0.2, 0.25) is 0 Å². The first-order valence-corrected chi connectivity index (χ1v) is 6.84. The molecule has 0 saturated carbocycles. The van der Waals surface area contributed by atoms with E-state index < -0.39 is 0 Å². The van der Waals surface area contributed by atoms with Gasteiger partial charge in [-0.25, -0.2) is 0 Å². The van der Waals surface area contributed by atoms with Crippen molar-refractivity contribution in [1.82, 2.24) is 0 Å². The van der Waals surface area contributed by atoms with Crippen LogP contribution < -0.4 is 0 Å². The van der Waals surface area contributed by atoms with Crippen LogP contribution in [0.25, 0.3) is 21.9 Å². The highest BCUT2D eigenvalue weighted by Gasteiger charge is 2.06. The maximum Gasteiger partial charge on any atom is 0.135 e. The summed E-state index contributed by atoms with van der Waals surface area (Å²) in [5, 5.41) is 2.38. The van der Waals surface area contributed by atoms with Crippen LogP contribution >= 0.6 is 0 Å². The average Bonchev–Trinajstić information content (AvgIpc) is 2.86. The van der Waals surface area contributed by atoms with Gasteiger partial charge in [-0.1, -0.05) is 60.7 Å². The molecule has 0 amide bonds. The first-order chi connectivity index (χ1) is 9.90. The third-order valence-corrected chi connectivity index (χ3v) is 3.69. The van der Waals surface area contributed by atoms with Gasteiger partial charge in [-0.15, -0.1) is 0 Å². The van der Waals surface area contributed by atoms with Gasteiger partial charge >= 0.3 is 0 Å². The smallest absolute Gasteiger partial charge is 0.135 e. The fourth-order valence-corrected chi connectivity index (χ4v) is 2.71. The van der Waals surface area contributed by atoms with E-state index in [2.05, 4.69) is 54.6 Å². The third kappa shape index (κ3) is 1.88. The minimum Gasteiger partial charge on any atom is -0.456 e. The maximum absolute atomic E-state index is 5.93. The molecule has 0 fully saturated rings. The Hall–Kier alpha value is -2.54. The lowest BCUT2D eigenvalue weighted by atomic mass is 10.0. The lowest BCUT2D eigenvalue weighted by molar-refractivity contribution is 0.668. The fourth-order valence-electron chi connectivity index (χ4n) is 2.71. The number of hydrogen-bond acceptors (Lipinski definition) is 1. The molecular weight excluding hydrogens is 244 g/mol. The number of rotatable bonds is 2. The fraction of sp³-hybridized carbons (Fsp3) is 0.0526. The van der Waals surface area contributed by atoms with Crippen molar-refractivity contribution in [2.75, 3.05) is 0 Å². The molecular formula is C19H14O. The van der Waals surface area contributed by atoms with Gasteiger partial charge in [-0.2, -0.15) is 0 Å². The summed E-state index contributed by atoms with van der Waals surface area (Å²) in [6.45, 7) is 0. The lowest BCUT2D eigenvalue weighted by Crippen LogP contribution is -1.86. The van der Waals surface area contributed by atoms with Crippen LogP contribution in [0.4, 0.5) is 0 Å². The maximum atomic E-state index is 5.93. The van der Waals surface area contributed by atoms with Gasteiger partial charge in [0.1, 0.15) is 11.2 Å². The number of hydrogen-bond donors (Lipinski definition) is 0. The van der Waals surface area contributed by atoms with E-state index in [1.807, 2.05) is 18.2 Å². The van der Waals surface area contributed by atoms with Crippen LogP contribution in [0.3, 0.4) is 0 Å². The first-order valence-electron chi connectivity index (χ1n) is 6.84. The van der Waals surface area contributed by atoms with Crippen LogP contribution in [-0.4, -0.2) is 0 Å². The molecule has 0 N–H and O–H groups in total. The summed E-state index contributed by atoms with van der Waals surface area (Å²) in [5.74, 6) is 0. The zero-order valence-corrected chi connectivity index (χ0v) is 11.0. The summed E-state index contributed by atoms with van der Waals surface area (Å²) >= 11 is 0. The van der Waals surface area contributed by atoms with Crippen LogP contribution in [0.15, 0.2) is 77.2 Å². The molecule has 0 unspecified atom stereocenters. The molecule has 4 aromatic rings. The number of para-hydroxylation sites is 1. The van der Waals surface area contributed by atoms with Gasteiger partial charge in [-0.3, -0.25) is 0 Å². The second-order valence-electron chi connectivity index (χ2n) is 5.09. The van der Waals surface area contributed by atoms with Gasteiger partial charge in [0.25, 0.3) is 0 Å². The Bertz CT molecular complexity index is 872. The highest BCUT2D eigenvalue weighted by molar-refractivity contribution is 6.04. The largest absolute Gasteiger partial charge is 0.456 e. The predicted molar refractivity (Wildman–Crippen MR) is 83.0 cm³/mol. The van der Waals surface area contributed by atoms with Crippen LogP contribution in [0.5, 0.6) is 0 Å². The number of benzene rings is 3. The molecule has 4 rings (SSSR count). The average molecular weight is 258 g/mol. The second kappa shape index (κ2) is 4.53. The van der Waals surface area contributed by atoms with Crippen LogP contribution in [0.1, 0.15) is 11.1 Å². The van der Waals surface area contributed by atoms with Crippen molar-refractivity contribution in [2.24, 2.45) is 0 Å². The number of furan rings is 1. The topological polar surface area (TPSA) is 13.1 Å². The van der Waals surface area contributed by atoms with E-state index in [-0.39, 0.29) is 0 Å². The van der Waals surface area contributed by atoms with Crippen LogP contribution in [0, 0.1) is 0 Å². The molecule has 20 heavy (non-hydrogen) atoms. The molecule has 0 aliphatic heterocycles. The summed E-state index contributed by atoms with van der Waals surface area (Å²) in [7, 11) is 0. The highest BCUT2D eigenvalue weighted by atomic mass is 16.3. The molecule has 1 aromatic heterocycles. The van der Waals surface area contributed by atoms with Gasteiger partial charge in [0.05, 0.1) is 0 Å². The van der Waals surface area contributed by atoms with Crippen molar-refractivity contribution >= 4 is 21.9 Å². The Labute approximate surface area is 117 Å². The van der Waals surface area contributed by atoms with Crippen molar-refractivity contribution in [3.8, 4) is 0 Å². The highest BCUT2D eigenvalue weighted by Crippen LogP contribution is 2.29. The van der Waals surface area contributed by atoms with Crippen molar-refractivity contribution in [3.63, 3.8) is 0 Å². The predicted octanol–water partition coefficient (Wildman–Crippen LogP) is 5.18. The minimum absolute atomic E-state index is 0.938. The zero-order chi connectivity index (χ0) is 13.4. The van der Waals surface area contributed by atoms with Crippen molar-refractivity contribution in [3.05, 3.63) is 83.9 Å². The van der Waals surface area contributed by atoms with E-state index in [9.17, 15) is 0 Å². The SMILES string of the molecule is c1ccc(Cc2ccc3c(c2)oc2ccccc23)cc1. The Morgan fingerprint density at radius 3 is 2.25 bits per heavy atom. The summed E-state index contributed by atoms with van der Waals surface area (Å²) in [6, 6.07) is 25.2. The van der Waals surface area contributed by atoms with E-state index in [0.29, 0.717) is 0 Å². The molecule has 1 heterocycles. The Morgan fingerprint density at radius 1 is 0.600 bits per heavy atom. The molecule has 0 atom stereocenters. The van der Waals surface area contributed by atoms with E-state index in [1.54, 1.807) is 0 Å². The van der Waals surface area contributed by atoms with Gasteiger partial charge in [0.15, 0.2) is 0 Å². The Kier molecular flexibility index (Phi) is 2.56. The second-order valence-corrected chi connectivity index (χ2v) is 5.09. The van der Waals surface area contributed by atoms with Gasteiger partial charge in [0, 0.05) is 10.8 Å². The quantitative estimate of drug-likeness (QED) is 0.483. The third-order valence-electron chi connectivity index (χ3n) is 3.69. The molecule has 0 spiro atoms. The van der Waals surface area contributed by atoms with Gasteiger partial charge in [-0.05, 0) is 29.7 Å². The molecule has 0 aliphatic carbocycles. The molecule has 1 nitrogen and oxygen atoms in total. The standard InChI is InChI=1S/C19H14O/c1-2-6-14(7-3-1)12-15-10-11-17-16-8-4-5-9-18(16)20-19(17)13-15/h1-11,13H,12H2. The zero-order valence-electron chi connectivity index (χ0n) is 11.0. The molecule has 0 aliphatic rings. The van der Waals surface area contributed by atoms with E-state index >= 15 is 0 Å². The summed E-state index contributed by atoms with van der Waals surface area (Å²) < 4.78 is 5.93. The van der Waals surface area contributed by atoms with Crippen LogP contribution in [0.2, 0.25) is 0 Å². The van der Waals surface area contributed by atoms with E-state index in [0.717, 1.165) is 17.6 Å². The monoisotopic (exact) mass is 258 g/mol. The summed E-state index contributed by atoms with van der Waals surface area (Å²) in [5.41, 5.74) is 4.53. The van der Waals surface area contributed by atoms with Crippen LogP contribution in [-0.2, 0) is 6.42 Å². The van der Waals surface area contributed by atoms with E-state index in [4.69, 9.17) is 4.42 Å². The Morgan fingerprint density at radius 2 is 1.35 bits per heavy atom. The minimum atomic E-state index is 0.938. The normalized spacial score (nSPS) is 11.2. The summed E-state index contributed by atoms with van der Waals surface area (Å²) in [4.78, 5) is 0. The lowest BCUT2D eigenvalue weighted by Gasteiger charge is -2.01. The Balaban J connectivity index is 1.81. The van der Waals surface area contributed by atoms with Gasteiger partial charge < -0.3 is 4.42 Å².